The molecule has 0 spiro atoms. The predicted molar refractivity (Wildman–Crippen MR) is 68.4 cm³/mol. The Morgan fingerprint density at radius 3 is 3.00 bits per heavy atom. The topological polar surface area (TPSA) is 53.6 Å². The molecule has 0 aromatic heterocycles. The second kappa shape index (κ2) is 4.79. The highest BCUT2D eigenvalue weighted by molar-refractivity contribution is 5.77. The van der Waals surface area contributed by atoms with E-state index in [1.165, 1.54) is 19.4 Å². The molecule has 0 saturated carbocycles. The number of carbonyl (C=O) groups is 1. The van der Waals surface area contributed by atoms with Gasteiger partial charge in [-0.3, -0.25) is 9.69 Å². The van der Waals surface area contributed by atoms with E-state index in [1.807, 2.05) is 6.92 Å². The fraction of sp³-hybridized carbons (Fsp3) is 0.923. The summed E-state index contributed by atoms with van der Waals surface area (Å²) in [5.74, 6) is 0.0434. The molecule has 3 aliphatic heterocycles. The van der Waals surface area contributed by atoms with Crippen LogP contribution in [0.25, 0.3) is 0 Å². The number of nitrogens with one attached hydrogen (secondary N) is 2. The van der Waals surface area contributed by atoms with Crippen LogP contribution in [0.2, 0.25) is 0 Å². The van der Waals surface area contributed by atoms with Gasteiger partial charge in [-0.1, -0.05) is 0 Å². The van der Waals surface area contributed by atoms with Gasteiger partial charge in [-0.2, -0.15) is 0 Å². The lowest BCUT2D eigenvalue weighted by Gasteiger charge is -2.38. The lowest BCUT2D eigenvalue weighted by molar-refractivity contribution is -0.136. The van der Waals surface area contributed by atoms with Crippen LogP contribution in [0.15, 0.2) is 0 Å². The molecular formula is C13H23N3O2. The first-order valence-electron chi connectivity index (χ1n) is 7.04. The van der Waals surface area contributed by atoms with E-state index in [2.05, 4.69) is 15.5 Å². The van der Waals surface area contributed by atoms with Gasteiger partial charge >= 0.3 is 0 Å². The molecule has 3 aliphatic rings. The van der Waals surface area contributed by atoms with Crippen LogP contribution in [0.5, 0.6) is 0 Å². The van der Waals surface area contributed by atoms with Crippen LogP contribution in [-0.2, 0) is 9.53 Å². The van der Waals surface area contributed by atoms with E-state index in [0.29, 0.717) is 12.1 Å². The molecule has 2 atom stereocenters. The Balaban J connectivity index is 1.43. The first-order valence-corrected chi connectivity index (χ1v) is 7.04. The van der Waals surface area contributed by atoms with Crippen LogP contribution in [0, 0.1) is 0 Å². The Morgan fingerprint density at radius 1 is 1.44 bits per heavy atom. The first kappa shape index (κ1) is 12.4. The van der Waals surface area contributed by atoms with Crippen molar-refractivity contribution in [3.63, 3.8) is 0 Å². The average molecular weight is 253 g/mol. The van der Waals surface area contributed by atoms with Gasteiger partial charge in [0.05, 0.1) is 5.60 Å². The van der Waals surface area contributed by atoms with Gasteiger partial charge in [-0.25, -0.2) is 0 Å². The van der Waals surface area contributed by atoms with E-state index in [4.69, 9.17) is 4.74 Å². The second-order valence-corrected chi connectivity index (χ2v) is 6.05. The van der Waals surface area contributed by atoms with Gasteiger partial charge in [-0.05, 0) is 32.7 Å². The summed E-state index contributed by atoms with van der Waals surface area (Å²) in [7, 11) is 0. The summed E-state index contributed by atoms with van der Waals surface area (Å²) in [4.78, 5) is 14.4. The minimum absolute atomic E-state index is 0.0434. The summed E-state index contributed by atoms with van der Waals surface area (Å²) in [5, 5.41) is 6.31. The Morgan fingerprint density at radius 2 is 2.28 bits per heavy atom. The third-order valence-electron chi connectivity index (χ3n) is 4.50. The predicted octanol–water partition coefficient (Wildman–Crippen LogP) is -0.282. The highest BCUT2D eigenvalue weighted by Gasteiger charge is 2.38. The van der Waals surface area contributed by atoms with Crippen LogP contribution in [0.4, 0.5) is 0 Å². The van der Waals surface area contributed by atoms with Crippen molar-refractivity contribution >= 4 is 5.91 Å². The fourth-order valence-electron chi connectivity index (χ4n) is 3.32. The van der Waals surface area contributed by atoms with Crippen molar-refractivity contribution in [2.45, 2.75) is 43.9 Å². The van der Waals surface area contributed by atoms with Crippen LogP contribution < -0.4 is 10.6 Å². The third-order valence-corrected chi connectivity index (χ3v) is 4.50. The van der Waals surface area contributed by atoms with Gasteiger partial charge in [0.1, 0.15) is 6.61 Å². The Kier molecular flexibility index (Phi) is 3.30. The van der Waals surface area contributed by atoms with Crippen LogP contribution in [0.1, 0.15) is 26.2 Å². The summed E-state index contributed by atoms with van der Waals surface area (Å²) in [6.07, 6.45) is 3.60. The van der Waals surface area contributed by atoms with Crippen LogP contribution in [0.3, 0.4) is 0 Å². The van der Waals surface area contributed by atoms with E-state index < -0.39 is 0 Å². The molecular weight excluding hydrogens is 230 g/mol. The number of amides is 1. The number of fused-ring (bicyclic) bond motifs is 1. The van der Waals surface area contributed by atoms with Gasteiger partial charge in [0.15, 0.2) is 0 Å². The van der Waals surface area contributed by atoms with E-state index in [-0.39, 0.29) is 18.1 Å². The highest BCUT2D eigenvalue weighted by Crippen LogP contribution is 2.27. The summed E-state index contributed by atoms with van der Waals surface area (Å²) < 4.78 is 5.66. The maximum atomic E-state index is 11.9. The SMILES string of the molecule is CC1(OCC(=O)NC2CCN3CCCC23)CNC1. The third kappa shape index (κ3) is 2.39. The maximum Gasteiger partial charge on any atom is 0.246 e. The zero-order valence-corrected chi connectivity index (χ0v) is 11.1. The Bertz CT molecular complexity index is 330. The van der Waals surface area contributed by atoms with E-state index in [0.717, 1.165) is 26.1 Å². The van der Waals surface area contributed by atoms with E-state index in [1.54, 1.807) is 0 Å². The smallest absolute Gasteiger partial charge is 0.246 e. The summed E-state index contributed by atoms with van der Waals surface area (Å²) in [6, 6.07) is 0.922. The van der Waals surface area contributed by atoms with Gasteiger partial charge in [0.2, 0.25) is 5.91 Å². The summed E-state index contributed by atoms with van der Waals surface area (Å²) in [5.41, 5.74) is -0.133. The van der Waals surface area contributed by atoms with Gasteiger partial charge in [0.25, 0.3) is 0 Å². The standard InChI is InChI=1S/C13H23N3O2/c1-13(8-14-9-13)18-7-12(17)15-10-4-6-16-5-2-3-11(10)16/h10-11,14H,2-9H2,1H3,(H,15,17). The summed E-state index contributed by atoms with van der Waals surface area (Å²) >= 11 is 0. The number of rotatable bonds is 4. The van der Waals surface area contributed by atoms with Crippen molar-refractivity contribution in [2.24, 2.45) is 0 Å². The highest BCUT2D eigenvalue weighted by atomic mass is 16.5. The maximum absolute atomic E-state index is 11.9. The van der Waals surface area contributed by atoms with Crippen molar-refractivity contribution in [3.8, 4) is 0 Å². The molecule has 3 heterocycles. The normalized spacial score (nSPS) is 34.1. The molecule has 3 fully saturated rings. The second-order valence-electron chi connectivity index (χ2n) is 6.05. The van der Waals surface area contributed by atoms with Crippen LogP contribution >= 0.6 is 0 Å². The van der Waals surface area contributed by atoms with E-state index in [9.17, 15) is 4.79 Å². The Labute approximate surface area is 108 Å². The number of nitrogens with zero attached hydrogens (tertiary/aromatic N) is 1. The Hall–Kier alpha value is -0.650. The number of hydrogen-bond acceptors (Lipinski definition) is 4. The monoisotopic (exact) mass is 253 g/mol. The van der Waals surface area contributed by atoms with E-state index >= 15 is 0 Å². The van der Waals surface area contributed by atoms with Crippen molar-refractivity contribution in [2.75, 3.05) is 32.8 Å². The van der Waals surface area contributed by atoms with Gasteiger partial charge in [-0.15, -0.1) is 0 Å². The molecule has 1 amide bonds. The zero-order chi connectivity index (χ0) is 12.6. The minimum Gasteiger partial charge on any atom is -0.363 e. The average Bonchev–Trinajstić information content (AvgIpc) is 2.89. The lowest BCUT2D eigenvalue weighted by Crippen LogP contribution is -2.60. The van der Waals surface area contributed by atoms with Crippen molar-refractivity contribution < 1.29 is 9.53 Å². The number of carbonyl (C=O) groups excluding carboxylic acids is 1. The molecule has 0 aromatic rings. The van der Waals surface area contributed by atoms with Gasteiger partial charge < -0.3 is 15.4 Å². The molecule has 0 aliphatic carbocycles. The largest absolute Gasteiger partial charge is 0.363 e. The molecule has 2 unspecified atom stereocenters. The molecule has 5 heteroatoms. The summed E-state index contributed by atoms with van der Waals surface area (Å²) in [6.45, 7) is 6.28. The molecule has 18 heavy (non-hydrogen) atoms. The minimum atomic E-state index is -0.133. The molecule has 0 aromatic carbocycles. The lowest BCUT2D eigenvalue weighted by atomic mass is 10.0. The zero-order valence-electron chi connectivity index (χ0n) is 11.1. The molecule has 102 valence electrons. The molecule has 2 N–H and O–H groups in total. The number of ether oxygens (including phenoxy) is 1. The van der Waals surface area contributed by atoms with Crippen molar-refractivity contribution in [1.29, 1.82) is 0 Å². The molecule has 3 saturated heterocycles. The first-order chi connectivity index (χ1) is 8.66. The van der Waals surface area contributed by atoms with Crippen LogP contribution in [-0.4, -0.2) is 61.3 Å². The van der Waals surface area contributed by atoms with Crippen molar-refractivity contribution in [1.82, 2.24) is 15.5 Å². The van der Waals surface area contributed by atoms with Gasteiger partial charge in [0, 0.05) is 31.7 Å². The fourth-order valence-corrected chi connectivity index (χ4v) is 3.32. The quantitative estimate of drug-likeness (QED) is 0.723. The van der Waals surface area contributed by atoms with Crippen molar-refractivity contribution in [3.05, 3.63) is 0 Å². The molecule has 5 nitrogen and oxygen atoms in total. The molecule has 0 bridgehead atoms. The molecule has 0 radical (unpaired) electrons. The molecule has 3 rings (SSSR count). The number of hydrogen-bond donors (Lipinski definition) is 2.